The van der Waals surface area contributed by atoms with E-state index in [2.05, 4.69) is 4.98 Å². The monoisotopic (exact) mass is 262 g/mol. The Labute approximate surface area is 109 Å². The van der Waals surface area contributed by atoms with E-state index in [4.69, 9.17) is 5.11 Å². The van der Waals surface area contributed by atoms with Crippen LogP contribution in [0.1, 0.15) is 18.9 Å². The molecule has 1 N–H and O–H groups in total. The summed E-state index contributed by atoms with van der Waals surface area (Å²) in [6.45, 7) is 0.0953. The van der Waals surface area contributed by atoms with Gasteiger partial charge in [-0.25, -0.2) is 4.98 Å². The molecule has 1 aliphatic carbocycles. The lowest BCUT2D eigenvalue weighted by Gasteiger charge is -2.11. The minimum absolute atomic E-state index is 0.0449. The molecule has 3 rings (SSSR count). The van der Waals surface area contributed by atoms with E-state index in [0.717, 1.165) is 23.5 Å². The van der Waals surface area contributed by atoms with Gasteiger partial charge in [-0.2, -0.15) is 0 Å². The predicted molar refractivity (Wildman–Crippen MR) is 72.1 cm³/mol. The summed E-state index contributed by atoms with van der Waals surface area (Å²) in [7, 11) is 0. The van der Waals surface area contributed by atoms with Crippen molar-refractivity contribution in [3.63, 3.8) is 0 Å². The molecule has 5 heteroatoms. The number of aliphatic hydroxyl groups excluding tert-OH is 1. The zero-order chi connectivity index (χ0) is 12.5. The highest BCUT2D eigenvalue weighted by molar-refractivity contribution is 7.99. The summed E-state index contributed by atoms with van der Waals surface area (Å²) >= 11 is 1.45. The van der Waals surface area contributed by atoms with E-state index in [1.807, 2.05) is 24.3 Å². The average molecular weight is 262 g/mol. The molecule has 4 nitrogen and oxygen atoms in total. The molecular formula is C13H14N2O2S. The van der Waals surface area contributed by atoms with Crippen molar-refractivity contribution in [3.05, 3.63) is 34.6 Å². The van der Waals surface area contributed by atoms with E-state index in [1.165, 1.54) is 11.8 Å². The molecule has 18 heavy (non-hydrogen) atoms. The lowest BCUT2D eigenvalue weighted by molar-refractivity contribution is 0.322. The molecule has 1 aromatic heterocycles. The van der Waals surface area contributed by atoms with Gasteiger partial charge < -0.3 is 5.11 Å². The van der Waals surface area contributed by atoms with E-state index >= 15 is 0 Å². The zero-order valence-electron chi connectivity index (χ0n) is 9.87. The maximum Gasteiger partial charge on any atom is 0.262 e. The molecule has 1 saturated carbocycles. The van der Waals surface area contributed by atoms with Crippen LogP contribution < -0.4 is 5.56 Å². The Hall–Kier alpha value is -1.33. The number of para-hydroxylation sites is 1. The van der Waals surface area contributed by atoms with E-state index in [1.54, 1.807) is 4.57 Å². The van der Waals surface area contributed by atoms with Gasteiger partial charge in [0.2, 0.25) is 0 Å². The van der Waals surface area contributed by atoms with Crippen LogP contribution >= 0.6 is 11.8 Å². The number of thioether (sulfide) groups is 1. The highest BCUT2D eigenvalue weighted by Crippen LogP contribution is 2.36. The lowest BCUT2D eigenvalue weighted by atomic mass is 10.2. The fourth-order valence-corrected chi connectivity index (χ4v) is 2.83. The second-order valence-corrected chi connectivity index (χ2v) is 5.45. The van der Waals surface area contributed by atoms with Gasteiger partial charge in [0.25, 0.3) is 5.56 Å². The molecule has 1 fully saturated rings. The minimum atomic E-state index is 0.0449. The van der Waals surface area contributed by atoms with Gasteiger partial charge in [0.05, 0.1) is 17.5 Å². The lowest BCUT2D eigenvalue weighted by Crippen LogP contribution is -2.22. The smallest absolute Gasteiger partial charge is 0.262 e. The summed E-state index contributed by atoms with van der Waals surface area (Å²) in [5.41, 5.74) is 0.781. The summed E-state index contributed by atoms with van der Waals surface area (Å²) in [6, 6.07) is 7.73. The topological polar surface area (TPSA) is 55.1 Å². The van der Waals surface area contributed by atoms with Crippen molar-refractivity contribution in [2.45, 2.75) is 24.0 Å². The van der Waals surface area contributed by atoms with Crippen LogP contribution in [0.15, 0.2) is 34.2 Å². The molecule has 0 unspecified atom stereocenters. The quantitative estimate of drug-likeness (QED) is 0.674. The van der Waals surface area contributed by atoms with Crippen molar-refractivity contribution in [2.24, 2.45) is 0 Å². The van der Waals surface area contributed by atoms with Gasteiger partial charge in [-0.15, -0.1) is 0 Å². The van der Waals surface area contributed by atoms with Gasteiger partial charge in [-0.05, 0) is 25.0 Å². The Balaban J connectivity index is 2.19. The maximum atomic E-state index is 12.4. The van der Waals surface area contributed by atoms with Crippen LogP contribution in [-0.4, -0.2) is 27.0 Å². The molecule has 94 valence electrons. The number of benzene rings is 1. The first-order valence-corrected chi connectivity index (χ1v) is 7.05. The Bertz CT molecular complexity index is 634. The fraction of sp³-hybridized carbons (Fsp3) is 0.385. The van der Waals surface area contributed by atoms with Crippen LogP contribution in [0.25, 0.3) is 10.9 Å². The molecule has 0 saturated heterocycles. The molecule has 0 aliphatic heterocycles. The fourth-order valence-electron chi connectivity index (χ4n) is 2.02. The number of hydrogen-bond donors (Lipinski definition) is 1. The molecule has 1 aliphatic rings. The van der Waals surface area contributed by atoms with Crippen molar-refractivity contribution in [2.75, 3.05) is 12.4 Å². The Kier molecular flexibility index (Phi) is 3.09. The molecule has 0 spiro atoms. The first-order chi connectivity index (χ1) is 8.81. The Morgan fingerprint density at radius 3 is 2.89 bits per heavy atom. The summed E-state index contributed by atoms with van der Waals surface area (Å²) in [5.74, 6) is 0.567. The predicted octanol–water partition coefficient (Wildman–Crippen LogP) is 1.82. The van der Waals surface area contributed by atoms with E-state index < -0.39 is 0 Å². The van der Waals surface area contributed by atoms with E-state index in [-0.39, 0.29) is 12.2 Å². The normalized spacial score (nSPS) is 15.2. The van der Waals surface area contributed by atoms with Crippen LogP contribution in [0.5, 0.6) is 0 Å². The number of rotatable bonds is 4. The van der Waals surface area contributed by atoms with Crippen molar-refractivity contribution < 1.29 is 5.11 Å². The van der Waals surface area contributed by atoms with Gasteiger partial charge in [-0.1, -0.05) is 23.9 Å². The SMILES string of the molecule is O=c1c2ccccc2nc(SCCO)n1C1CC1. The molecule has 0 amide bonds. The minimum Gasteiger partial charge on any atom is -0.396 e. The number of nitrogens with zero attached hydrogens (tertiary/aromatic N) is 2. The van der Waals surface area contributed by atoms with Crippen molar-refractivity contribution in [1.82, 2.24) is 9.55 Å². The van der Waals surface area contributed by atoms with Crippen molar-refractivity contribution >= 4 is 22.7 Å². The summed E-state index contributed by atoms with van der Waals surface area (Å²) in [4.78, 5) is 17.0. The van der Waals surface area contributed by atoms with Gasteiger partial charge >= 0.3 is 0 Å². The Morgan fingerprint density at radius 2 is 2.17 bits per heavy atom. The first-order valence-electron chi connectivity index (χ1n) is 6.06. The number of aliphatic hydroxyl groups is 1. The van der Waals surface area contributed by atoms with Crippen LogP contribution in [-0.2, 0) is 0 Å². The molecule has 1 aromatic carbocycles. The zero-order valence-corrected chi connectivity index (χ0v) is 10.7. The highest BCUT2D eigenvalue weighted by atomic mass is 32.2. The van der Waals surface area contributed by atoms with Crippen molar-refractivity contribution in [1.29, 1.82) is 0 Å². The second kappa shape index (κ2) is 4.74. The van der Waals surface area contributed by atoms with E-state index in [0.29, 0.717) is 17.2 Å². The van der Waals surface area contributed by atoms with Gasteiger partial charge in [0.1, 0.15) is 0 Å². The number of aromatic nitrogens is 2. The standard InChI is InChI=1S/C13H14N2O2S/c16-7-8-18-13-14-11-4-2-1-3-10(11)12(17)15(13)9-5-6-9/h1-4,9,16H,5-8H2. The first kappa shape index (κ1) is 11.7. The van der Waals surface area contributed by atoms with Gasteiger partial charge in [-0.3, -0.25) is 9.36 Å². The average Bonchev–Trinajstić information content (AvgIpc) is 3.21. The third-order valence-electron chi connectivity index (χ3n) is 3.01. The summed E-state index contributed by atoms with van der Waals surface area (Å²) < 4.78 is 1.79. The maximum absolute atomic E-state index is 12.4. The van der Waals surface area contributed by atoms with Crippen LogP contribution in [0.4, 0.5) is 0 Å². The molecule has 0 atom stereocenters. The van der Waals surface area contributed by atoms with Crippen molar-refractivity contribution in [3.8, 4) is 0 Å². The Morgan fingerprint density at radius 1 is 1.39 bits per heavy atom. The number of hydrogen-bond acceptors (Lipinski definition) is 4. The van der Waals surface area contributed by atoms with Crippen LogP contribution in [0.2, 0.25) is 0 Å². The number of fused-ring (bicyclic) bond motifs is 1. The molecule has 1 heterocycles. The highest BCUT2D eigenvalue weighted by Gasteiger charge is 2.28. The van der Waals surface area contributed by atoms with Gasteiger partial charge in [0, 0.05) is 11.8 Å². The van der Waals surface area contributed by atoms with E-state index in [9.17, 15) is 4.79 Å². The molecule has 0 radical (unpaired) electrons. The third kappa shape index (κ3) is 2.04. The summed E-state index contributed by atoms with van der Waals surface area (Å²) in [6.07, 6.45) is 2.10. The second-order valence-electron chi connectivity index (χ2n) is 4.39. The van der Waals surface area contributed by atoms with Crippen LogP contribution in [0.3, 0.4) is 0 Å². The third-order valence-corrected chi connectivity index (χ3v) is 3.94. The van der Waals surface area contributed by atoms with Gasteiger partial charge in [0.15, 0.2) is 5.16 Å². The molecule has 2 aromatic rings. The van der Waals surface area contributed by atoms with Crippen LogP contribution in [0, 0.1) is 0 Å². The molecule has 0 bridgehead atoms. The largest absolute Gasteiger partial charge is 0.396 e. The molecular weight excluding hydrogens is 248 g/mol. The summed E-state index contributed by atoms with van der Waals surface area (Å²) in [5, 5.41) is 10.3.